The summed E-state index contributed by atoms with van der Waals surface area (Å²) in [7, 11) is 0. The second-order valence-corrected chi connectivity index (χ2v) is 7.06. The third kappa shape index (κ3) is 2.75. The molecule has 0 spiro atoms. The van der Waals surface area contributed by atoms with E-state index in [0.29, 0.717) is 17.1 Å². The quantitative estimate of drug-likeness (QED) is 0.789. The fraction of sp³-hybridized carbons (Fsp3) is 0.500. The number of carbonyl (C=O) groups excluding carboxylic acids is 3. The van der Waals surface area contributed by atoms with Crippen LogP contribution in [0.1, 0.15) is 38.2 Å². The molecule has 8 nitrogen and oxygen atoms in total. The van der Waals surface area contributed by atoms with Crippen LogP contribution < -0.4 is 20.1 Å². The summed E-state index contributed by atoms with van der Waals surface area (Å²) < 4.78 is 10.6. The van der Waals surface area contributed by atoms with Gasteiger partial charge >= 0.3 is 6.03 Å². The van der Waals surface area contributed by atoms with Crippen LogP contribution in [0.3, 0.4) is 0 Å². The molecule has 0 bridgehead atoms. The van der Waals surface area contributed by atoms with Gasteiger partial charge in [-0.25, -0.2) is 4.79 Å². The Morgan fingerprint density at radius 3 is 2.77 bits per heavy atom. The molecule has 1 unspecified atom stereocenters. The Morgan fingerprint density at radius 1 is 1.27 bits per heavy atom. The average Bonchev–Trinajstić information content (AvgIpc) is 3.32. The molecule has 1 saturated carbocycles. The van der Waals surface area contributed by atoms with Crippen molar-refractivity contribution in [2.75, 3.05) is 13.3 Å². The van der Waals surface area contributed by atoms with Crippen molar-refractivity contribution in [3.8, 4) is 11.5 Å². The zero-order chi connectivity index (χ0) is 18.3. The van der Waals surface area contributed by atoms with E-state index >= 15 is 0 Å². The number of carbonyl (C=O) groups is 3. The maximum absolute atomic E-state index is 12.9. The number of hydrogen-bond acceptors (Lipinski definition) is 5. The molecule has 0 aromatic heterocycles. The lowest BCUT2D eigenvalue weighted by Gasteiger charge is -2.22. The number of amides is 4. The average molecular weight is 359 g/mol. The molecule has 1 saturated heterocycles. The van der Waals surface area contributed by atoms with Gasteiger partial charge in [-0.15, -0.1) is 0 Å². The topological polar surface area (TPSA) is 97.0 Å². The summed E-state index contributed by atoms with van der Waals surface area (Å²) in [5.41, 5.74) is -0.662. The number of nitrogens with zero attached hydrogens (tertiary/aromatic N) is 1. The van der Waals surface area contributed by atoms with Gasteiger partial charge in [0.15, 0.2) is 11.5 Å². The van der Waals surface area contributed by atoms with Crippen molar-refractivity contribution in [3.63, 3.8) is 0 Å². The van der Waals surface area contributed by atoms with E-state index in [2.05, 4.69) is 10.6 Å². The lowest BCUT2D eigenvalue weighted by atomic mass is 9.91. The number of imide groups is 1. The van der Waals surface area contributed by atoms with Crippen LogP contribution in [0, 0.1) is 0 Å². The Kier molecular flexibility index (Phi) is 3.97. The molecule has 2 aliphatic heterocycles. The monoisotopic (exact) mass is 359 g/mol. The van der Waals surface area contributed by atoms with Gasteiger partial charge in [-0.1, -0.05) is 18.9 Å². The molecule has 8 heteroatoms. The number of hydrogen-bond donors (Lipinski definition) is 2. The van der Waals surface area contributed by atoms with E-state index < -0.39 is 17.5 Å². The molecule has 2 fully saturated rings. The van der Waals surface area contributed by atoms with Crippen molar-refractivity contribution in [3.05, 3.63) is 23.8 Å². The van der Waals surface area contributed by atoms with Crippen molar-refractivity contribution in [2.45, 2.75) is 44.2 Å². The van der Waals surface area contributed by atoms with Gasteiger partial charge in [0.1, 0.15) is 12.1 Å². The number of nitrogens with one attached hydrogen (secondary N) is 2. The highest BCUT2D eigenvalue weighted by molar-refractivity contribution is 6.09. The van der Waals surface area contributed by atoms with Crippen LogP contribution >= 0.6 is 0 Å². The first-order chi connectivity index (χ1) is 12.5. The van der Waals surface area contributed by atoms with E-state index in [1.54, 1.807) is 25.1 Å². The van der Waals surface area contributed by atoms with Gasteiger partial charge in [0, 0.05) is 6.04 Å². The molecule has 4 rings (SSSR count). The largest absolute Gasteiger partial charge is 0.454 e. The fourth-order valence-electron chi connectivity index (χ4n) is 3.73. The van der Waals surface area contributed by atoms with Gasteiger partial charge in [-0.05, 0) is 37.5 Å². The predicted molar refractivity (Wildman–Crippen MR) is 90.6 cm³/mol. The number of urea groups is 1. The van der Waals surface area contributed by atoms with Crippen LogP contribution in [0.5, 0.6) is 11.5 Å². The van der Waals surface area contributed by atoms with Crippen molar-refractivity contribution in [1.29, 1.82) is 0 Å². The lowest BCUT2D eigenvalue weighted by molar-refractivity contribution is -0.135. The molecular weight excluding hydrogens is 338 g/mol. The Labute approximate surface area is 150 Å². The van der Waals surface area contributed by atoms with Crippen LogP contribution in [0.15, 0.2) is 18.2 Å². The first-order valence-corrected chi connectivity index (χ1v) is 8.81. The highest BCUT2D eigenvalue weighted by Crippen LogP contribution is 2.37. The Hall–Kier alpha value is -2.77. The van der Waals surface area contributed by atoms with Gasteiger partial charge in [0.25, 0.3) is 5.91 Å². The molecule has 1 aliphatic carbocycles. The minimum Gasteiger partial charge on any atom is -0.454 e. The maximum atomic E-state index is 12.9. The molecule has 2 heterocycles. The summed E-state index contributed by atoms with van der Waals surface area (Å²) in [6.07, 6.45) is 4.08. The molecule has 1 aromatic carbocycles. The molecule has 0 radical (unpaired) electrons. The summed E-state index contributed by atoms with van der Waals surface area (Å²) in [5.74, 6) is 0.364. The smallest absolute Gasteiger partial charge is 0.325 e. The minimum atomic E-state index is -1.24. The van der Waals surface area contributed by atoms with Gasteiger partial charge in [0.2, 0.25) is 12.7 Å². The zero-order valence-corrected chi connectivity index (χ0v) is 14.5. The molecule has 26 heavy (non-hydrogen) atoms. The van der Waals surface area contributed by atoms with E-state index in [4.69, 9.17) is 9.47 Å². The Morgan fingerprint density at radius 2 is 2.00 bits per heavy atom. The maximum Gasteiger partial charge on any atom is 0.325 e. The summed E-state index contributed by atoms with van der Waals surface area (Å²) in [6.45, 7) is 1.48. The molecular formula is C18H21N3O5. The number of fused-ring (bicyclic) bond motifs is 1. The van der Waals surface area contributed by atoms with Gasteiger partial charge in [0.05, 0.1) is 0 Å². The molecule has 1 aromatic rings. The normalized spacial score (nSPS) is 24.9. The predicted octanol–water partition coefficient (Wildman–Crippen LogP) is 1.24. The summed E-state index contributed by atoms with van der Waals surface area (Å²) >= 11 is 0. The first kappa shape index (κ1) is 16.7. The third-order valence-electron chi connectivity index (χ3n) is 5.25. The van der Waals surface area contributed by atoms with Crippen LogP contribution in [0.2, 0.25) is 0 Å². The van der Waals surface area contributed by atoms with Gasteiger partial charge < -0.3 is 20.1 Å². The van der Waals surface area contributed by atoms with Crippen LogP contribution in [-0.4, -0.2) is 42.1 Å². The van der Waals surface area contributed by atoms with Crippen molar-refractivity contribution < 1.29 is 23.9 Å². The van der Waals surface area contributed by atoms with E-state index in [0.717, 1.165) is 30.6 Å². The number of benzene rings is 1. The zero-order valence-electron chi connectivity index (χ0n) is 14.5. The van der Waals surface area contributed by atoms with E-state index in [9.17, 15) is 14.4 Å². The third-order valence-corrected chi connectivity index (χ3v) is 5.25. The fourth-order valence-corrected chi connectivity index (χ4v) is 3.73. The Bertz CT molecular complexity index is 774. The van der Waals surface area contributed by atoms with E-state index in [-0.39, 0.29) is 25.3 Å². The standard InChI is InChI=1S/C18H21N3O5/c1-18(11-6-7-13-14(8-11)26-10-25-13)16(23)21(17(24)20-18)9-15(22)19-12-4-2-3-5-12/h6-8,12H,2-5,9-10H2,1H3,(H,19,22)(H,20,24). The second kappa shape index (κ2) is 6.19. The molecule has 4 amide bonds. The first-order valence-electron chi connectivity index (χ1n) is 8.81. The highest BCUT2D eigenvalue weighted by atomic mass is 16.7. The number of ether oxygens (including phenoxy) is 2. The molecule has 138 valence electrons. The highest BCUT2D eigenvalue weighted by Gasteiger charge is 2.50. The van der Waals surface area contributed by atoms with E-state index in [1.807, 2.05) is 0 Å². The van der Waals surface area contributed by atoms with Crippen molar-refractivity contribution in [2.24, 2.45) is 0 Å². The second-order valence-electron chi connectivity index (χ2n) is 7.06. The van der Waals surface area contributed by atoms with Crippen LogP contribution in [-0.2, 0) is 15.1 Å². The van der Waals surface area contributed by atoms with Crippen LogP contribution in [0.4, 0.5) is 4.79 Å². The van der Waals surface area contributed by atoms with Crippen molar-refractivity contribution >= 4 is 17.8 Å². The molecule has 3 aliphatic rings. The summed E-state index contributed by atoms with van der Waals surface area (Å²) in [5, 5.41) is 5.60. The summed E-state index contributed by atoms with van der Waals surface area (Å²) in [6, 6.07) is 4.68. The summed E-state index contributed by atoms with van der Waals surface area (Å²) in [4.78, 5) is 38.4. The Balaban J connectivity index is 1.50. The van der Waals surface area contributed by atoms with Crippen LogP contribution in [0.25, 0.3) is 0 Å². The minimum absolute atomic E-state index is 0.128. The molecule has 1 atom stereocenters. The lowest BCUT2D eigenvalue weighted by Crippen LogP contribution is -2.45. The van der Waals surface area contributed by atoms with Gasteiger partial charge in [-0.3, -0.25) is 14.5 Å². The van der Waals surface area contributed by atoms with E-state index in [1.165, 1.54) is 0 Å². The van der Waals surface area contributed by atoms with Crippen molar-refractivity contribution in [1.82, 2.24) is 15.5 Å². The SMILES string of the molecule is CC1(c2ccc3c(c2)OCO3)NC(=O)N(CC(=O)NC2CCCC2)C1=O. The number of rotatable bonds is 4. The molecule has 2 N–H and O–H groups in total. The van der Waals surface area contributed by atoms with Gasteiger partial charge in [-0.2, -0.15) is 0 Å².